The van der Waals surface area contributed by atoms with Crippen molar-refractivity contribution in [3.05, 3.63) is 35.4 Å². The molecule has 0 spiro atoms. The highest BCUT2D eigenvalue weighted by Gasteiger charge is 2.42. The number of carbonyl (C=O) groups excluding carboxylic acids is 2. The third-order valence-electron chi connectivity index (χ3n) is 4.22. The van der Waals surface area contributed by atoms with Crippen molar-refractivity contribution in [3.63, 3.8) is 0 Å². The second-order valence-electron chi connectivity index (χ2n) is 5.78. The fourth-order valence-electron chi connectivity index (χ4n) is 3.19. The molecule has 2 atom stereocenters. The molecule has 130 valence electrons. The van der Waals surface area contributed by atoms with Gasteiger partial charge >= 0.3 is 5.97 Å². The van der Waals surface area contributed by atoms with Gasteiger partial charge in [-0.3, -0.25) is 9.59 Å². The zero-order valence-corrected chi connectivity index (χ0v) is 14.7. The maximum atomic E-state index is 12.5. The number of carbonyl (C=O) groups is 2. The summed E-state index contributed by atoms with van der Waals surface area (Å²) in [5.41, 5.74) is 1.31. The molecule has 1 aromatic heterocycles. The third-order valence-corrected chi connectivity index (χ3v) is 5.24. The van der Waals surface area contributed by atoms with Crippen LogP contribution in [0.25, 0.3) is 0 Å². The smallest absolute Gasteiger partial charge is 0.316 e. The van der Waals surface area contributed by atoms with Gasteiger partial charge in [-0.2, -0.15) is 5.26 Å². The molecule has 25 heavy (non-hydrogen) atoms. The van der Waals surface area contributed by atoms with Crippen molar-refractivity contribution in [1.29, 1.82) is 5.26 Å². The molecule has 0 radical (unpaired) electrons. The standard InChI is InChI=1S/C18H18N2O4S/c1-2-23-15(22)10-25-18-11(9-19)16(14-7-4-8-24-14)17-12(20-18)5-3-6-13(17)21/h4,7-8,11,16H,2-3,5-6,10H2,1H3/t11?,16-/m0/s1. The van der Waals surface area contributed by atoms with E-state index in [-0.39, 0.29) is 17.5 Å². The van der Waals surface area contributed by atoms with Gasteiger partial charge in [0.1, 0.15) is 11.7 Å². The summed E-state index contributed by atoms with van der Waals surface area (Å²) in [6, 6.07) is 5.77. The summed E-state index contributed by atoms with van der Waals surface area (Å²) in [4.78, 5) is 28.7. The van der Waals surface area contributed by atoms with Crippen molar-refractivity contribution in [2.45, 2.75) is 32.1 Å². The summed E-state index contributed by atoms with van der Waals surface area (Å²) in [5.74, 6) is -0.761. The van der Waals surface area contributed by atoms with Crippen LogP contribution in [-0.2, 0) is 14.3 Å². The quantitative estimate of drug-likeness (QED) is 0.767. The number of ketones is 1. The van der Waals surface area contributed by atoms with E-state index in [1.165, 1.54) is 18.0 Å². The Morgan fingerprint density at radius 3 is 3.04 bits per heavy atom. The summed E-state index contributed by atoms with van der Waals surface area (Å²) < 4.78 is 10.5. The SMILES string of the molecule is CCOC(=O)CSC1=NC2=C(C(=O)CCC2)[C@H](c2ccco2)C1C#N. The minimum absolute atomic E-state index is 0.0288. The van der Waals surface area contributed by atoms with Gasteiger partial charge in [0.05, 0.1) is 35.7 Å². The van der Waals surface area contributed by atoms with E-state index in [4.69, 9.17) is 9.15 Å². The van der Waals surface area contributed by atoms with Crippen LogP contribution in [0, 0.1) is 17.2 Å². The van der Waals surface area contributed by atoms with Crippen LogP contribution in [0.4, 0.5) is 0 Å². The van der Waals surface area contributed by atoms with Crippen molar-refractivity contribution in [2.75, 3.05) is 12.4 Å². The van der Waals surface area contributed by atoms with Gasteiger partial charge in [-0.05, 0) is 31.9 Å². The van der Waals surface area contributed by atoms with E-state index in [9.17, 15) is 14.9 Å². The molecule has 1 aliphatic carbocycles. The Balaban J connectivity index is 1.96. The predicted octanol–water partition coefficient (Wildman–Crippen LogP) is 3.22. The average molecular weight is 358 g/mol. The van der Waals surface area contributed by atoms with Gasteiger partial charge < -0.3 is 9.15 Å². The number of esters is 1. The van der Waals surface area contributed by atoms with Crippen LogP contribution in [-0.4, -0.2) is 29.2 Å². The molecule has 1 unspecified atom stereocenters. The highest BCUT2D eigenvalue weighted by Crippen LogP contribution is 2.44. The highest BCUT2D eigenvalue weighted by molar-refractivity contribution is 8.14. The van der Waals surface area contributed by atoms with Gasteiger partial charge in [-0.15, -0.1) is 0 Å². The van der Waals surface area contributed by atoms with Gasteiger partial charge in [-0.1, -0.05) is 11.8 Å². The maximum Gasteiger partial charge on any atom is 0.316 e. The highest BCUT2D eigenvalue weighted by atomic mass is 32.2. The number of nitrogens with zero attached hydrogens (tertiary/aromatic N) is 2. The number of hydrogen-bond acceptors (Lipinski definition) is 7. The molecular weight excluding hydrogens is 340 g/mol. The largest absolute Gasteiger partial charge is 0.469 e. The Kier molecular flexibility index (Phi) is 5.39. The number of allylic oxidation sites excluding steroid dienone is 2. The lowest BCUT2D eigenvalue weighted by molar-refractivity contribution is -0.139. The van der Waals surface area contributed by atoms with Crippen LogP contribution in [0.2, 0.25) is 0 Å². The number of nitriles is 1. The van der Waals surface area contributed by atoms with Gasteiger partial charge in [0.15, 0.2) is 5.78 Å². The van der Waals surface area contributed by atoms with Gasteiger partial charge in [0.25, 0.3) is 0 Å². The summed E-state index contributed by atoms with van der Waals surface area (Å²) in [7, 11) is 0. The Bertz CT molecular complexity index is 773. The van der Waals surface area contributed by atoms with Gasteiger partial charge in [0.2, 0.25) is 0 Å². The molecule has 0 aromatic carbocycles. The van der Waals surface area contributed by atoms with Crippen molar-refractivity contribution in [1.82, 2.24) is 0 Å². The normalized spacial score (nSPS) is 22.9. The molecule has 2 heterocycles. The monoisotopic (exact) mass is 358 g/mol. The number of Topliss-reactive ketones (excluding diaryl/α,β-unsaturated/α-hetero) is 1. The maximum absolute atomic E-state index is 12.5. The second-order valence-corrected chi connectivity index (χ2v) is 6.78. The van der Waals surface area contributed by atoms with Crippen LogP contribution in [0.1, 0.15) is 37.9 Å². The number of furan rings is 1. The Morgan fingerprint density at radius 2 is 2.36 bits per heavy atom. The summed E-state index contributed by atoms with van der Waals surface area (Å²) >= 11 is 1.20. The molecule has 2 aliphatic rings. The molecule has 7 heteroatoms. The van der Waals surface area contributed by atoms with Crippen molar-refractivity contribution >= 4 is 28.6 Å². The molecule has 0 bridgehead atoms. The first-order valence-corrected chi connectivity index (χ1v) is 9.20. The van der Waals surface area contributed by atoms with Gasteiger partial charge in [-0.25, -0.2) is 4.99 Å². The van der Waals surface area contributed by atoms with Crippen LogP contribution in [0.3, 0.4) is 0 Å². The Morgan fingerprint density at radius 1 is 1.52 bits per heavy atom. The van der Waals surface area contributed by atoms with Crippen LogP contribution >= 0.6 is 11.8 Å². The molecule has 1 aromatic rings. The molecule has 0 amide bonds. The number of thioether (sulfide) groups is 1. The Labute approximate surface area is 149 Å². The lowest BCUT2D eigenvalue weighted by Crippen LogP contribution is -2.31. The molecule has 0 saturated heterocycles. The van der Waals surface area contributed by atoms with Crippen molar-refractivity contribution in [2.24, 2.45) is 10.9 Å². The molecule has 0 saturated carbocycles. The van der Waals surface area contributed by atoms with E-state index < -0.39 is 11.8 Å². The zero-order valence-electron chi connectivity index (χ0n) is 13.9. The Hall–Kier alpha value is -2.33. The molecule has 3 rings (SSSR count). The fourth-order valence-corrected chi connectivity index (χ4v) is 4.08. The fraction of sp³-hybridized carbons (Fsp3) is 0.444. The van der Waals surface area contributed by atoms with Crippen LogP contribution in [0.5, 0.6) is 0 Å². The van der Waals surface area contributed by atoms with E-state index in [1.54, 1.807) is 19.1 Å². The molecule has 6 nitrogen and oxygen atoms in total. The van der Waals surface area contributed by atoms with Gasteiger partial charge in [0, 0.05) is 17.7 Å². The van der Waals surface area contributed by atoms with E-state index in [2.05, 4.69) is 11.1 Å². The summed E-state index contributed by atoms with van der Waals surface area (Å²) in [5, 5.41) is 10.3. The average Bonchev–Trinajstić information content (AvgIpc) is 3.13. The van der Waals surface area contributed by atoms with Crippen molar-refractivity contribution in [3.8, 4) is 6.07 Å². The molecular formula is C18H18N2O4S. The first-order chi connectivity index (χ1) is 12.2. The lowest BCUT2D eigenvalue weighted by Gasteiger charge is -2.31. The van der Waals surface area contributed by atoms with E-state index in [0.29, 0.717) is 35.8 Å². The number of hydrogen-bond donors (Lipinski definition) is 0. The van der Waals surface area contributed by atoms with E-state index >= 15 is 0 Å². The topological polar surface area (TPSA) is 92.7 Å². The minimum atomic E-state index is -0.647. The second kappa shape index (κ2) is 7.70. The minimum Gasteiger partial charge on any atom is -0.469 e. The predicted molar refractivity (Wildman–Crippen MR) is 93.0 cm³/mol. The number of ether oxygens (including phenoxy) is 1. The summed E-state index contributed by atoms with van der Waals surface area (Å²) in [6.45, 7) is 2.06. The third kappa shape index (κ3) is 3.54. The first-order valence-electron chi connectivity index (χ1n) is 8.22. The lowest BCUT2D eigenvalue weighted by atomic mass is 9.76. The van der Waals surface area contributed by atoms with Crippen LogP contribution < -0.4 is 0 Å². The van der Waals surface area contributed by atoms with E-state index in [0.717, 1.165) is 12.1 Å². The molecule has 1 aliphatic heterocycles. The van der Waals surface area contributed by atoms with E-state index in [1.807, 2.05) is 0 Å². The van der Waals surface area contributed by atoms with Crippen molar-refractivity contribution < 1.29 is 18.7 Å². The molecule has 0 N–H and O–H groups in total. The first kappa shape index (κ1) is 17.5. The number of aliphatic imine (C=N–C) groups is 1. The van der Waals surface area contributed by atoms with Crippen LogP contribution in [0.15, 0.2) is 39.1 Å². The zero-order chi connectivity index (χ0) is 17.8. The number of rotatable bonds is 4. The molecule has 0 fully saturated rings. The summed E-state index contributed by atoms with van der Waals surface area (Å²) in [6.07, 6.45) is 3.45.